The largest absolute Gasteiger partial charge is 0.144 e. The van der Waals surface area contributed by atoms with Crippen molar-refractivity contribution in [1.82, 2.24) is 0 Å². The van der Waals surface area contributed by atoms with E-state index in [4.69, 9.17) is 0 Å². The van der Waals surface area contributed by atoms with Crippen molar-refractivity contribution in [2.45, 2.75) is 27.2 Å². The van der Waals surface area contributed by atoms with E-state index in [-0.39, 0.29) is 0 Å². The molecule has 0 aromatic carbocycles. The SMILES string of the molecule is CC.CC1/C=C\C/C=c2/ccs/c2=C/1. The normalized spacial score (nSPS) is 26.1. The second kappa shape index (κ2) is 5.82. The lowest BCUT2D eigenvalue weighted by Crippen LogP contribution is -2.19. The number of rotatable bonds is 0. The summed E-state index contributed by atoms with van der Waals surface area (Å²) in [6, 6.07) is 2.20. The van der Waals surface area contributed by atoms with Gasteiger partial charge >= 0.3 is 0 Å². The molecule has 1 heteroatoms. The van der Waals surface area contributed by atoms with Crippen LogP contribution in [-0.4, -0.2) is 0 Å². The Bertz CT molecular complexity index is 395. The molecule has 0 saturated carbocycles. The van der Waals surface area contributed by atoms with Gasteiger partial charge in [-0.05, 0) is 29.0 Å². The predicted octanol–water partition coefficient (Wildman–Crippen LogP) is 2.93. The van der Waals surface area contributed by atoms with Gasteiger partial charge in [0, 0.05) is 4.53 Å². The molecule has 2 rings (SSSR count). The van der Waals surface area contributed by atoms with Crippen LogP contribution in [0.3, 0.4) is 0 Å². The zero-order chi connectivity index (χ0) is 10.4. The van der Waals surface area contributed by atoms with Crippen molar-refractivity contribution in [1.29, 1.82) is 0 Å². The van der Waals surface area contributed by atoms with E-state index < -0.39 is 0 Å². The molecule has 1 aliphatic carbocycles. The fourth-order valence-corrected chi connectivity index (χ4v) is 2.36. The molecule has 0 nitrogen and oxygen atoms in total. The summed E-state index contributed by atoms with van der Waals surface area (Å²) >= 11 is 1.83. The maximum Gasteiger partial charge on any atom is 0.0305 e. The van der Waals surface area contributed by atoms with Gasteiger partial charge in [-0.1, -0.05) is 45.1 Å². The summed E-state index contributed by atoms with van der Waals surface area (Å²) in [7, 11) is 0. The van der Waals surface area contributed by atoms with Crippen LogP contribution >= 0.6 is 11.3 Å². The molecule has 1 aromatic rings. The van der Waals surface area contributed by atoms with Gasteiger partial charge in [-0.25, -0.2) is 0 Å². The van der Waals surface area contributed by atoms with Crippen LogP contribution in [-0.2, 0) is 0 Å². The highest BCUT2D eigenvalue weighted by molar-refractivity contribution is 7.07. The third kappa shape index (κ3) is 2.85. The average Bonchev–Trinajstić information content (AvgIpc) is 2.60. The van der Waals surface area contributed by atoms with Crippen molar-refractivity contribution in [3.8, 4) is 0 Å². The Hall–Kier alpha value is -0.820. The Labute approximate surface area is 90.3 Å². The molecule has 1 atom stereocenters. The minimum absolute atomic E-state index is 0.580. The second-order valence-corrected chi connectivity index (χ2v) is 4.08. The number of thiophene rings is 1. The quantitative estimate of drug-likeness (QED) is 0.573. The van der Waals surface area contributed by atoms with E-state index >= 15 is 0 Å². The first kappa shape index (κ1) is 11.3. The fourth-order valence-electron chi connectivity index (χ4n) is 1.42. The highest BCUT2D eigenvalue weighted by Gasteiger charge is 1.94. The minimum atomic E-state index is 0.580. The summed E-state index contributed by atoms with van der Waals surface area (Å²) in [6.45, 7) is 6.23. The predicted molar refractivity (Wildman–Crippen MR) is 66.8 cm³/mol. The van der Waals surface area contributed by atoms with E-state index in [0.717, 1.165) is 6.42 Å². The fraction of sp³-hybridized carbons (Fsp3) is 0.385. The summed E-state index contributed by atoms with van der Waals surface area (Å²) in [5.74, 6) is 0.580. The second-order valence-electron chi connectivity index (χ2n) is 3.13. The summed E-state index contributed by atoms with van der Waals surface area (Å²) in [5.41, 5.74) is 0. The van der Waals surface area contributed by atoms with Gasteiger partial charge < -0.3 is 0 Å². The van der Waals surface area contributed by atoms with Gasteiger partial charge in [0.25, 0.3) is 0 Å². The summed E-state index contributed by atoms with van der Waals surface area (Å²) < 4.78 is 1.42. The van der Waals surface area contributed by atoms with Crippen LogP contribution in [0.15, 0.2) is 23.6 Å². The first-order valence-electron chi connectivity index (χ1n) is 5.28. The molecule has 0 bridgehead atoms. The van der Waals surface area contributed by atoms with Crippen molar-refractivity contribution >= 4 is 23.5 Å². The van der Waals surface area contributed by atoms with Crippen molar-refractivity contribution < 1.29 is 0 Å². The molecule has 0 N–H and O–H groups in total. The molecule has 1 aromatic heterocycles. The Kier molecular flexibility index (Phi) is 4.68. The third-order valence-electron chi connectivity index (χ3n) is 2.05. The monoisotopic (exact) mass is 206 g/mol. The van der Waals surface area contributed by atoms with Crippen LogP contribution in [0.5, 0.6) is 0 Å². The van der Waals surface area contributed by atoms with E-state index in [1.165, 1.54) is 9.75 Å². The van der Waals surface area contributed by atoms with E-state index in [2.05, 4.69) is 42.7 Å². The van der Waals surface area contributed by atoms with Gasteiger partial charge in [0.1, 0.15) is 0 Å². The maximum atomic E-state index is 2.33. The molecular formula is C13H18S. The van der Waals surface area contributed by atoms with E-state index in [1.807, 2.05) is 25.2 Å². The molecule has 0 fully saturated rings. The van der Waals surface area contributed by atoms with Gasteiger partial charge in [0.15, 0.2) is 0 Å². The van der Waals surface area contributed by atoms with Crippen molar-refractivity contribution in [2.24, 2.45) is 5.92 Å². The molecule has 1 aliphatic rings. The molecule has 0 aliphatic heterocycles. The summed E-state index contributed by atoms with van der Waals surface area (Å²) in [4.78, 5) is 0. The van der Waals surface area contributed by atoms with E-state index in [1.54, 1.807) is 0 Å². The lowest BCUT2D eigenvalue weighted by Gasteiger charge is -1.97. The average molecular weight is 206 g/mol. The van der Waals surface area contributed by atoms with E-state index in [9.17, 15) is 0 Å². The molecule has 1 unspecified atom stereocenters. The topological polar surface area (TPSA) is 0 Å². The molecule has 0 amide bonds. The van der Waals surface area contributed by atoms with Gasteiger partial charge in [-0.15, -0.1) is 11.3 Å². The highest BCUT2D eigenvalue weighted by atomic mass is 32.1. The molecule has 0 spiro atoms. The summed E-state index contributed by atoms with van der Waals surface area (Å²) in [6.07, 6.45) is 10.2. The summed E-state index contributed by atoms with van der Waals surface area (Å²) in [5, 5.41) is 3.56. The Morgan fingerprint density at radius 2 is 2.14 bits per heavy atom. The zero-order valence-electron chi connectivity index (χ0n) is 9.16. The van der Waals surface area contributed by atoms with Gasteiger partial charge in [0.2, 0.25) is 0 Å². The van der Waals surface area contributed by atoms with Gasteiger partial charge in [0.05, 0.1) is 0 Å². The maximum absolute atomic E-state index is 2.33. The van der Waals surface area contributed by atoms with Crippen LogP contribution in [0.25, 0.3) is 12.2 Å². The standard InChI is InChI=1S/C11H12S.C2H6/c1-9-4-2-3-5-10-6-7-12-11(10)8-9;1-2/h2,4-9H,3H2,1H3;1-2H3/b4-2-,10-5-,11-8+;. The van der Waals surface area contributed by atoms with Crippen molar-refractivity contribution in [3.63, 3.8) is 0 Å². The van der Waals surface area contributed by atoms with Crippen LogP contribution in [0.1, 0.15) is 27.2 Å². The Balaban J connectivity index is 0.000000461. The number of fused-ring (bicyclic) bond motifs is 1. The smallest absolute Gasteiger partial charge is 0.0305 e. The Morgan fingerprint density at radius 3 is 2.93 bits per heavy atom. The van der Waals surface area contributed by atoms with Crippen molar-refractivity contribution in [2.75, 3.05) is 0 Å². The molecule has 1 heterocycles. The van der Waals surface area contributed by atoms with Gasteiger partial charge in [-0.2, -0.15) is 0 Å². The molecule has 14 heavy (non-hydrogen) atoms. The van der Waals surface area contributed by atoms with Crippen LogP contribution in [0.2, 0.25) is 0 Å². The molecule has 0 radical (unpaired) electrons. The third-order valence-corrected chi connectivity index (χ3v) is 2.95. The Morgan fingerprint density at radius 1 is 1.36 bits per heavy atom. The lowest BCUT2D eigenvalue weighted by atomic mass is 10.1. The van der Waals surface area contributed by atoms with E-state index in [0.29, 0.717) is 5.92 Å². The first-order chi connectivity index (χ1) is 6.86. The number of allylic oxidation sites excluding steroid dienone is 2. The van der Waals surface area contributed by atoms with Crippen LogP contribution in [0, 0.1) is 5.92 Å². The first-order valence-corrected chi connectivity index (χ1v) is 6.16. The molecular weight excluding hydrogens is 188 g/mol. The highest BCUT2D eigenvalue weighted by Crippen LogP contribution is 2.02. The molecule has 0 saturated heterocycles. The number of hydrogen-bond acceptors (Lipinski definition) is 1. The van der Waals surface area contributed by atoms with Gasteiger partial charge in [-0.3, -0.25) is 0 Å². The van der Waals surface area contributed by atoms with Crippen LogP contribution in [0.4, 0.5) is 0 Å². The minimum Gasteiger partial charge on any atom is -0.144 e. The molecule has 76 valence electrons. The van der Waals surface area contributed by atoms with Crippen molar-refractivity contribution in [3.05, 3.63) is 33.3 Å². The lowest BCUT2D eigenvalue weighted by molar-refractivity contribution is 0.988. The number of hydrogen-bond donors (Lipinski definition) is 0. The zero-order valence-corrected chi connectivity index (χ0v) is 9.97. The van der Waals surface area contributed by atoms with Crippen LogP contribution < -0.4 is 9.75 Å².